The van der Waals surface area contributed by atoms with E-state index in [9.17, 15) is 23.1 Å². The van der Waals surface area contributed by atoms with Crippen LogP contribution >= 0.6 is 11.6 Å². The highest BCUT2D eigenvalue weighted by Gasteiger charge is 2.46. The van der Waals surface area contributed by atoms with Crippen molar-refractivity contribution >= 4 is 58.5 Å². The van der Waals surface area contributed by atoms with Crippen LogP contribution in [-0.2, 0) is 21.2 Å². The monoisotopic (exact) mass is 718 g/mol. The molecule has 262 valence electrons. The molecule has 0 saturated carbocycles. The molecule has 0 bridgehead atoms. The lowest BCUT2D eigenvalue weighted by atomic mass is 9.77. The zero-order valence-corrected chi connectivity index (χ0v) is 31.8. The van der Waals surface area contributed by atoms with Crippen LogP contribution in [0.5, 0.6) is 0 Å². The summed E-state index contributed by atoms with van der Waals surface area (Å²) < 4.78 is 48.3. The van der Waals surface area contributed by atoms with Crippen LogP contribution in [-0.4, -0.2) is 62.0 Å². The van der Waals surface area contributed by atoms with E-state index in [4.69, 9.17) is 11.6 Å². The van der Waals surface area contributed by atoms with Gasteiger partial charge in [-0.2, -0.15) is 4.72 Å². The standard InChI is InChI=1S/C35H48ClFN4O5SSi/c1-20(2)48(21(3)4,22(5)6)41-19-27(36)25-11-10-24(17-30(25)41)47(45,46)38-29-13-15-39(33(29)42)31-16-23-12-14-40(34(43)44)32(35(7,8)9)26(23)18-28(31)37/h10-11,16-22,29,32,38H,12-15H2,1-9H3,(H,43,44)/t29-,32?/m0/s1. The van der Waals surface area contributed by atoms with E-state index in [-0.39, 0.29) is 30.1 Å². The van der Waals surface area contributed by atoms with Crippen LogP contribution in [0.2, 0.25) is 21.6 Å². The summed E-state index contributed by atoms with van der Waals surface area (Å²) >= 11 is 6.73. The molecule has 0 aliphatic carbocycles. The first-order valence-corrected chi connectivity index (χ1v) is 20.7. The van der Waals surface area contributed by atoms with Gasteiger partial charge in [0.2, 0.25) is 15.9 Å². The van der Waals surface area contributed by atoms with Gasteiger partial charge in [0, 0.05) is 30.2 Å². The summed E-state index contributed by atoms with van der Waals surface area (Å²) in [5, 5.41) is 11.2. The zero-order valence-electron chi connectivity index (χ0n) is 29.3. The first kappa shape index (κ1) is 36.4. The van der Waals surface area contributed by atoms with Gasteiger partial charge < -0.3 is 19.1 Å². The van der Waals surface area contributed by atoms with E-state index in [1.807, 2.05) is 27.0 Å². The van der Waals surface area contributed by atoms with Gasteiger partial charge in [0.25, 0.3) is 0 Å². The fourth-order valence-corrected chi connectivity index (χ4v) is 17.0. The summed E-state index contributed by atoms with van der Waals surface area (Å²) in [7, 11) is -6.42. The van der Waals surface area contributed by atoms with Crippen LogP contribution in [0.25, 0.3) is 10.9 Å². The van der Waals surface area contributed by atoms with Gasteiger partial charge in [0.1, 0.15) is 11.9 Å². The Hall–Kier alpha value is -2.93. The number of hydrogen-bond donors (Lipinski definition) is 2. The fourth-order valence-electron chi connectivity index (χ4n) is 8.75. The smallest absolute Gasteiger partial charge is 0.407 e. The number of carboxylic acid groups (broad SMARTS) is 1. The molecule has 13 heteroatoms. The highest BCUT2D eigenvalue weighted by molar-refractivity contribution is 7.89. The van der Waals surface area contributed by atoms with Crippen LogP contribution in [0, 0.1) is 11.2 Å². The number of halogens is 2. The Balaban J connectivity index is 1.45. The number of aromatic nitrogens is 1. The van der Waals surface area contributed by atoms with Crippen LogP contribution < -0.4 is 9.62 Å². The first-order valence-electron chi connectivity index (χ1n) is 16.7. The maximum Gasteiger partial charge on any atom is 0.407 e. The van der Waals surface area contributed by atoms with Crippen LogP contribution in [0.15, 0.2) is 41.4 Å². The molecule has 2 amide bonds. The Morgan fingerprint density at radius 1 is 1.04 bits per heavy atom. The average Bonchev–Trinajstić information content (AvgIpc) is 3.49. The average molecular weight is 719 g/mol. The van der Waals surface area contributed by atoms with Crippen molar-refractivity contribution in [2.45, 2.75) is 109 Å². The summed E-state index contributed by atoms with van der Waals surface area (Å²) in [6.45, 7) is 19.5. The number of anilines is 1. The number of nitrogens with one attached hydrogen (secondary N) is 1. The molecule has 2 atom stereocenters. The third-order valence-electron chi connectivity index (χ3n) is 10.5. The molecule has 3 heterocycles. The maximum absolute atomic E-state index is 15.8. The zero-order chi connectivity index (χ0) is 35.7. The molecule has 2 aliphatic rings. The quantitative estimate of drug-likeness (QED) is 0.228. The van der Waals surface area contributed by atoms with E-state index in [0.717, 1.165) is 16.5 Å². The van der Waals surface area contributed by atoms with Gasteiger partial charge >= 0.3 is 6.09 Å². The van der Waals surface area contributed by atoms with Gasteiger partial charge in [-0.3, -0.25) is 4.79 Å². The molecule has 9 nitrogen and oxygen atoms in total. The van der Waals surface area contributed by atoms with E-state index in [2.05, 4.69) is 50.5 Å². The van der Waals surface area contributed by atoms with Crippen molar-refractivity contribution in [2.24, 2.45) is 5.41 Å². The predicted molar refractivity (Wildman–Crippen MR) is 192 cm³/mol. The lowest BCUT2D eigenvalue weighted by Crippen LogP contribution is -2.51. The van der Waals surface area contributed by atoms with Gasteiger partial charge in [0.15, 0.2) is 8.24 Å². The number of sulfonamides is 1. The molecule has 1 aromatic heterocycles. The minimum Gasteiger partial charge on any atom is -0.465 e. The predicted octanol–water partition coefficient (Wildman–Crippen LogP) is 8.16. The van der Waals surface area contributed by atoms with Crippen molar-refractivity contribution in [3.8, 4) is 0 Å². The Morgan fingerprint density at radius 2 is 1.67 bits per heavy atom. The highest BCUT2D eigenvalue weighted by Crippen LogP contribution is 2.46. The molecular formula is C35H48ClFN4O5SSi. The van der Waals surface area contributed by atoms with Gasteiger partial charge in [-0.25, -0.2) is 17.6 Å². The van der Waals surface area contributed by atoms with Crippen molar-refractivity contribution in [3.63, 3.8) is 0 Å². The minimum absolute atomic E-state index is 0.0348. The summed E-state index contributed by atoms with van der Waals surface area (Å²) in [6, 6.07) is 6.23. The van der Waals surface area contributed by atoms with Gasteiger partial charge in [-0.1, -0.05) is 80.0 Å². The summed E-state index contributed by atoms with van der Waals surface area (Å²) in [5.41, 5.74) is 2.75. The third-order valence-corrected chi connectivity index (χ3v) is 19.1. The van der Waals surface area contributed by atoms with Crippen molar-refractivity contribution < 1.29 is 27.5 Å². The Kier molecular flexibility index (Phi) is 9.66. The molecule has 2 aromatic carbocycles. The van der Waals surface area contributed by atoms with Gasteiger partial charge in [0.05, 0.1) is 21.6 Å². The Morgan fingerprint density at radius 3 is 2.23 bits per heavy atom. The number of nitrogens with zero attached hydrogens (tertiary/aromatic N) is 3. The second-order valence-electron chi connectivity index (χ2n) is 15.3. The number of rotatable bonds is 8. The highest BCUT2D eigenvalue weighted by atomic mass is 35.5. The largest absolute Gasteiger partial charge is 0.465 e. The van der Waals surface area contributed by atoms with Gasteiger partial charge in [-0.15, -0.1) is 0 Å². The summed E-state index contributed by atoms with van der Waals surface area (Å²) in [5.74, 6) is -1.19. The summed E-state index contributed by atoms with van der Waals surface area (Å²) in [6.07, 6.45) is 1.44. The molecular weight excluding hydrogens is 671 g/mol. The topological polar surface area (TPSA) is 112 Å². The number of benzene rings is 2. The normalized spacial score (nSPS) is 19.3. The number of fused-ring (bicyclic) bond motifs is 2. The first-order chi connectivity index (χ1) is 22.2. The van der Waals surface area contributed by atoms with E-state index in [1.165, 1.54) is 21.9 Å². The SMILES string of the molecule is CC(C)[Si](C(C)C)(C(C)C)n1cc(Cl)c2ccc(S(=O)(=O)N[C@H]3CCN(c4cc5c(cc4F)C(C(C)(C)C)N(C(=O)O)CC5)C3=O)cc21. The molecule has 1 fully saturated rings. The molecule has 0 spiro atoms. The lowest BCUT2D eigenvalue weighted by Gasteiger charge is -2.44. The minimum atomic E-state index is -4.14. The van der Waals surface area contributed by atoms with Crippen molar-refractivity contribution in [1.82, 2.24) is 13.9 Å². The van der Waals surface area contributed by atoms with E-state index in [1.54, 1.807) is 18.2 Å². The van der Waals surface area contributed by atoms with Crippen molar-refractivity contribution in [2.75, 3.05) is 18.0 Å². The van der Waals surface area contributed by atoms with E-state index >= 15 is 4.39 Å². The number of carbonyl (C=O) groups is 2. The molecule has 3 aromatic rings. The summed E-state index contributed by atoms with van der Waals surface area (Å²) in [4.78, 5) is 28.3. The Bertz CT molecular complexity index is 1850. The third kappa shape index (κ3) is 5.96. The number of hydrogen-bond acceptors (Lipinski definition) is 4. The maximum atomic E-state index is 15.8. The van der Waals surface area contributed by atoms with Crippen molar-refractivity contribution in [3.05, 3.63) is 58.5 Å². The lowest BCUT2D eigenvalue weighted by molar-refractivity contribution is -0.118. The second kappa shape index (κ2) is 12.7. The number of carbonyl (C=O) groups excluding carboxylic acids is 1. The number of amides is 2. The second-order valence-corrected chi connectivity index (χ2v) is 23.2. The molecule has 0 radical (unpaired) electrons. The Labute approximate surface area is 289 Å². The molecule has 48 heavy (non-hydrogen) atoms. The molecule has 1 saturated heterocycles. The van der Waals surface area contributed by atoms with Gasteiger partial charge in [-0.05, 0) is 70.3 Å². The van der Waals surface area contributed by atoms with Crippen LogP contribution in [0.3, 0.4) is 0 Å². The molecule has 2 N–H and O–H groups in total. The van der Waals surface area contributed by atoms with Crippen LogP contribution in [0.4, 0.5) is 14.9 Å². The van der Waals surface area contributed by atoms with E-state index in [0.29, 0.717) is 33.6 Å². The molecule has 2 aliphatic heterocycles. The molecule has 5 rings (SSSR count). The van der Waals surface area contributed by atoms with Crippen LogP contribution in [0.1, 0.15) is 85.9 Å². The fraction of sp³-hybridized carbons (Fsp3) is 0.543. The van der Waals surface area contributed by atoms with E-state index < -0.39 is 53.6 Å². The molecule has 1 unspecified atom stereocenters. The van der Waals surface area contributed by atoms with Crippen molar-refractivity contribution in [1.29, 1.82) is 0 Å².